The van der Waals surface area contributed by atoms with Crippen LogP contribution >= 0.6 is 11.6 Å². The molecule has 0 amide bonds. The minimum atomic E-state index is -0.921. The summed E-state index contributed by atoms with van der Waals surface area (Å²) in [5.41, 5.74) is 1.06. The Bertz CT molecular complexity index is 594. The highest BCUT2D eigenvalue weighted by Crippen LogP contribution is 2.35. The van der Waals surface area contributed by atoms with E-state index in [1.807, 2.05) is 25.2 Å². The quantitative estimate of drug-likeness (QED) is 0.947. The van der Waals surface area contributed by atoms with Gasteiger partial charge in [-0.15, -0.1) is 0 Å². The lowest BCUT2D eigenvalue weighted by Crippen LogP contribution is -2.46. The molecule has 0 bridgehead atoms. The molecule has 0 aliphatic carbocycles. The van der Waals surface area contributed by atoms with E-state index in [-0.39, 0.29) is 0 Å². The molecule has 1 N–H and O–H groups in total. The Morgan fingerprint density at radius 3 is 2.76 bits per heavy atom. The van der Waals surface area contributed by atoms with E-state index in [1.165, 1.54) is 5.56 Å². The summed E-state index contributed by atoms with van der Waals surface area (Å²) in [4.78, 5) is 2.28. The van der Waals surface area contributed by atoms with Gasteiger partial charge in [-0.1, -0.05) is 41.9 Å². The average molecular weight is 306 g/mol. The van der Waals surface area contributed by atoms with Gasteiger partial charge in [0, 0.05) is 20.1 Å². The van der Waals surface area contributed by atoms with Crippen molar-refractivity contribution in [3.05, 3.63) is 52.8 Å². The number of benzene rings is 1. The van der Waals surface area contributed by atoms with Crippen molar-refractivity contribution in [2.24, 2.45) is 7.05 Å². The normalized spacial score (nSPS) is 23.4. The molecule has 5 heteroatoms. The molecule has 0 saturated carbocycles. The van der Waals surface area contributed by atoms with Crippen molar-refractivity contribution in [3.8, 4) is 0 Å². The number of rotatable bonds is 3. The van der Waals surface area contributed by atoms with Crippen molar-refractivity contribution in [1.29, 1.82) is 0 Å². The molecule has 0 spiro atoms. The lowest BCUT2D eigenvalue weighted by molar-refractivity contribution is -0.0438. The molecule has 2 aromatic rings. The standard InChI is InChI=1S/C16H20ClN3O/c1-19-15(14(17)10-18-19)16(21)8-5-9-20(12-16)11-13-6-3-2-4-7-13/h2-4,6-7,10,21H,5,8-9,11-12H2,1H3. The number of hydrogen-bond acceptors (Lipinski definition) is 3. The smallest absolute Gasteiger partial charge is 0.120 e. The second-order valence-electron chi connectivity index (χ2n) is 5.80. The average Bonchev–Trinajstić information content (AvgIpc) is 2.80. The zero-order valence-corrected chi connectivity index (χ0v) is 12.9. The van der Waals surface area contributed by atoms with E-state index in [2.05, 4.69) is 22.1 Å². The van der Waals surface area contributed by atoms with E-state index in [4.69, 9.17) is 11.6 Å². The first-order valence-corrected chi connectivity index (χ1v) is 7.63. The summed E-state index contributed by atoms with van der Waals surface area (Å²) in [6, 6.07) is 10.3. The van der Waals surface area contributed by atoms with Crippen molar-refractivity contribution < 1.29 is 5.11 Å². The molecular formula is C16H20ClN3O. The maximum absolute atomic E-state index is 11.1. The van der Waals surface area contributed by atoms with Gasteiger partial charge in [0.05, 0.1) is 16.9 Å². The third-order valence-electron chi connectivity index (χ3n) is 4.13. The highest BCUT2D eigenvalue weighted by molar-refractivity contribution is 6.31. The van der Waals surface area contributed by atoms with Crippen LogP contribution in [-0.4, -0.2) is 32.9 Å². The van der Waals surface area contributed by atoms with Gasteiger partial charge in [0.15, 0.2) is 0 Å². The third kappa shape index (κ3) is 2.98. The number of likely N-dealkylation sites (tertiary alicyclic amines) is 1. The van der Waals surface area contributed by atoms with Crippen LogP contribution < -0.4 is 0 Å². The van der Waals surface area contributed by atoms with Crippen molar-refractivity contribution in [1.82, 2.24) is 14.7 Å². The molecule has 1 saturated heterocycles. The van der Waals surface area contributed by atoms with Crippen LogP contribution in [0.15, 0.2) is 36.5 Å². The summed E-state index contributed by atoms with van der Waals surface area (Å²) in [5.74, 6) is 0. The van der Waals surface area contributed by atoms with Crippen LogP contribution in [0, 0.1) is 0 Å². The van der Waals surface area contributed by atoms with Gasteiger partial charge < -0.3 is 5.11 Å². The van der Waals surface area contributed by atoms with Gasteiger partial charge in [-0.05, 0) is 24.9 Å². The lowest BCUT2D eigenvalue weighted by Gasteiger charge is -2.39. The van der Waals surface area contributed by atoms with Crippen molar-refractivity contribution >= 4 is 11.6 Å². The second kappa shape index (κ2) is 5.79. The van der Waals surface area contributed by atoms with Gasteiger partial charge >= 0.3 is 0 Å². The summed E-state index contributed by atoms with van der Waals surface area (Å²) in [6.45, 7) is 2.42. The number of hydrogen-bond donors (Lipinski definition) is 1. The maximum atomic E-state index is 11.1. The molecule has 1 atom stereocenters. The SMILES string of the molecule is Cn1ncc(Cl)c1C1(O)CCCN(Cc2ccccc2)C1. The fourth-order valence-corrected chi connectivity index (χ4v) is 3.57. The Hall–Kier alpha value is -1.36. The molecule has 0 radical (unpaired) electrons. The Kier molecular flexibility index (Phi) is 4.02. The number of β-amino-alcohol motifs (C(OH)–C–C–N with tert-alkyl or cyclic N) is 1. The van der Waals surface area contributed by atoms with Crippen LogP contribution in [0.4, 0.5) is 0 Å². The number of piperidine rings is 1. The van der Waals surface area contributed by atoms with Crippen molar-refractivity contribution in [2.45, 2.75) is 25.0 Å². The molecule has 1 unspecified atom stereocenters. The van der Waals surface area contributed by atoms with Crippen LogP contribution in [0.25, 0.3) is 0 Å². The number of aromatic nitrogens is 2. The van der Waals surface area contributed by atoms with Crippen LogP contribution in [0.2, 0.25) is 5.02 Å². The van der Waals surface area contributed by atoms with E-state index < -0.39 is 5.60 Å². The highest BCUT2D eigenvalue weighted by Gasteiger charge is 2.38. The lowest BCUT2D eigenvalue weighted by atomic mass is 9.89. The van der Waals surface area contributed by atoms with E-state index in [9.17, 15) is 5.11 Å². The first-order valence-electron chi connectivity index (χ1n) is 7.25. The van der Waals surface area contributed by atoms with Crippen LogP contribution in [0.3, 0.4) is 0 Å². The molecule has 1 aromatic heterocycles. The van der Waals surface area contributed by atoms with Gasteiger partial charge in [-0.2, -0.15) is 5.10 Å². The summed E-state index contributed by atoms with van der Waals surface area (Å²) >= 11 is 6.21. The van der Waals surface area contributed by atoms with E-state index >= 15 is 0 Å². The van der Waals surface area contributed by atoms with Gasteiger partial charge in [-0.25, -0.2) is 0 Å². The molecule has 1 aromatic carbocycles. The molecule has 3 rings (SSSR count). The fraction of sp³-hybridized carbons (Fsp3) is 0.438. The monoisotopic (exact) mass is 305 g/mol. The fourth-order valence-electron chi connectivity index (χ4n) is 3.23. The minimum Gasteiger partial charge on any atom is -0.382 e. The Morgan fingerprint density at radius 1 is 1.33 bits per heavy atom. The third-order valence-corrected chi connectivity index (χ3v) is 4.41. The molecule has 4 nitrogen and oxygen atoms in total. The molecular weight excluding hydrogens is 286 g/mol. The number of halogens is 1. The van der Waals surface area contributed by atoms with E-state index in [1.54, 1.807) is 10.9 Å². The predicted molar refractivity (Wildman–Crippen MR) is 83.1 cm³/mol. The first-order chi connectivity index (χ1) is 10.1. The Balaban J connectivity index is 1.79. The van der Waals surface area contributed by atoms with Gasteiger partial charge in [0.2, 0.25) is 0 Å². The van der Waals surface area contributed by atoms with Crippen molar-refractivity contribution in [3.63, 3.8) is 0 Å². The summed E-state index contributed by atoms with van der Waals surface area (Å²) < 4.78 is 1.69. The van der Waals surface area contributed by atoms with Gasteiger partial charge in [0.25, 0.3) is 0 Å². The van der Waals surface area contributed by atoms with Crippen LogP contribution in [-0.2, 0) is 19.2 Å². The van der Waals surface area contributed by atoms with Gasteiger partial charge in [-0.3, -0.25) is 9.58 Å². The summed E-state index contributed by atoms with van der Waals surface area (Å²) in [6.07, 6.45) is 3.27. The Morgan fingerprint density at radius 2 is 2.10 bits per heavy atom. The van der Waals surface area contributed by atoms with Crippen LogP contribution in [0.1, 0.15) is 24.1 Å². The topological polar surface area (TPSA) is 41.3 Å². The zero-order chi connectivity index (χ0) is 14.9. The molecule has 112 valence electrons. The number of aliphatic hydroxyl groups is 1. The highest BCUT2D eigenvalue weighted by atomic mass is 35.5. The van der Waals surface area contributed by atoms with E-state index in [0.29, 0.717) is 11.6 Å². The van der Waals surface area contributed by atoms with Gasteiger partial charge in [0.1, 0.15) is 5.60 Å². The summed E-state index contributed by atoms with van der Waals surface area (Å²) in [7, 11) is 1.83. The molecule has 2 heterocycles. The zero-order valence-electron chi connectivity index (χ0n) is 12.2. The molecule has 21 heavy (non-hydrogen) atoms. The first kappa shape index (κ1) is 14.6. The largest absolute Gasteiger partial charge is 0.382 e. The number of nitrogens with zero attached hydrogens (tertiary/aromatic N) is 3. The molecule has 1 aliphatic heterocycles. The maximum Gasteiger partial charge on any atom is 0.120 e. The minimum absolute atomic E-state index is 0.543. The molecule has 1 aliphatic rings. The van der Waals surface area contributed by atoms with Crippen molar-refractivity contribution in [2.75, 3.05) is 13.1 Å². The Labute approximate surface area is 130 Å². The second-order valence-corrected chi connectivity index (χ2v) is 6.20. The van der Waals surface area contributed by atoms with Crippen LogP contribution in [0.5, 0.6) is 0 Å². The molecule has 1 fully saturated rings. The summed E-state index contributed by atoms with van der Waals surface area (Å²) in [5, 5.41) is 15.7. The number of aryl methyl sites for hydroxylation is 1. The predicted octanol–water partition coefficient (Wildman–Crippen LogP) is 2.56. The van der Waals surface area contributed by atoms with E-state index in [0.717, 1.165) is 31.6 Å².